The van der Waals surface area contributed by atoms with Crippen LogP contribution in [0.25, 0.3) is 0 Å². The minimum Gasteiger partial charge on any atom is -0.348 e. The van der Waals surface area contributed by atoms with Crippen molar-refractivity contribution >= 4 is 31.9 Å². The number of nitrogens with one attached hydrogen (secondary N) is 1. The van der Waals surface area contributed by atoms with Crippen molar-refractivity contribution in [2.75, 3.05) is 6.54 Å². The summed E-state index contributed by atoms with van der Waals surface area (Å²) in [6, 6.07) is 23.4. The van der Waals surface area contributed by atoms with Gasteiger partial charge in [-0.2, -0.15) is 4.31 Å². The van der Waals surface area contributed by atoms with Crippen LogP contribution in [0.5, 0.6) is 0 Å². The number of halogens is 1. The molecule has 31 heavy (non-hydrogen) atoms. The molecule has 0 heterocycles. The van der Waals surface area contributed by atoms with Gasteiger partial charge in [0.1, 0.15) is 0 Å². The summed E-state index contributed by atoms with van der Waals surface area (Å²) in [6.07, 6.45) is 0. The third-order valence-electron chi connectivity index (χ3n) is 4.93. The predicted octanol–water partition coefficient (Wildman–Crippen LogP) is 4.83. The van der Waals surface area contributed by atoms with Gasteiger partial charge in [-0.1, -0.05) is 76.1 Å². The first-order chi connectivity index (χ1) is 14.8. The summed E-state index contributed by atoms with van der Waals surface area (Å²) >= 11 is 3.39. The second-order valence-electron chi connectivity index (χ2n) is 7.41. The number of carbonyl (C=O) groups excluding carboxylic acids is 1. The van der Waals surface area contributed by atoms with Crippen LogP contribution in [0.4, 0.5) is 0 Å². The van der Waals surface area contributed by atoms with E-state index in [1.165, 1.54) is 4.31 Å². The Kier molecular flexibility index (Phi) is 7.64. The Morgan fingerprint density at radius 3 is 2.19 bits per heavy atom. The summed E-state index contributed by atoms with van der Waals surface area (Å²) in [7, 11) is -3.86. The third kappa shape index (κ3) is 6.26. The number of sulfonamides is 1. The van der Waals surface area contributed by atoms with E-state index >= 15 is 0 Å². The van der Waals surface area contributed by atoms with Gasteiger partial charge in [-0.3, -0.25) is 4.79 Å². The minimum absolute atomic E-state index is 0.0939. The van der Waals surface area contributed by atoms with Crippen LogP contribution in [0.1, 0.15) is 29.7 Å². The van der Waals surface area contributed by atoms with Crippen molar-refractivity contribution < 1.29 is 13.2 Å². The molecule has 3 rings (SSSR count). The lowest BCUT2D eigenvalue weighted by atomic mass is 10.1. The molecule has 0 aromatic heterocycles. The van der Waals surface area contributed by atoms with Gasteiger partial charge in [0.15, 0.2) is 0 Å². The maximum absolute atomic E-state index is 13.3. The zero-order valence-electron chi connectivity index (χ0n) is 17.5. The minimum atomic E-state index is -3.86. The maximum atomic E-state index is 13.3. The molecule has 0 unspecified atom stereocenters. The van der Waals surface area contributed by atoms with Gasteiger partial charge in [-0.15, -0.1) is 0 Å². The fourth-order valence-corrected chi connectivity index (χ4v) is 4.80. The van der Waals surface area contributed by atoms with Gasteiger partial charge < -0.3 is 5.32 Å². The second-order valence-corrected chi connectivity index (χ2v) is 10.3. The Balaban J connectivity index is 1.83. The average Bonchev–Trinajstić information content (AvgIpc) is 2.75. The van der Waals surface area contributed by atoms with Gasteiger partial charge in [0.05, 0.1) is 17.5 Å². The highest BCUT2D eigenvalue weighted by atomic mass is 79.9. The molecule has 0 fully saturated rings. The third-order valence-corrected chi connectivity index (χ3v) is 7.26. The standard InChI is InChI=1S/C24H25BrN2O3S/c1-18-8-14-23(15-9-18)31(29,30)27(16-20-10-12-22(25)13-11-20)17-24(28)26-19(2)21-6-4-3-5-7-21/h3-15,19H,16-17H2,1-2H3,(H,26,28)/t19-/m1/s1. The molecule has 0 aliphatic heterocycles. The Bertz CT molecular complexity index is 1120. The molecule has 162 valence electrons. The van der Waals surface area contributed by atoms with E-state index in [0.29, 0.717) is 0 Å². The summed E-state index contributed by atoms with van der Waals surface area (Å²) in [5.74, 6) is -0.357. The molecule has 0 aliphatic rings. The predicted molar refractivity (Wildman–Crippen MR) is 126 cm³/mol. The van der Waals surface area contributed by atoms with Crippen LogP contribution in [-0.2, 0) is 21.4 Å². The molecule has 3 aromatic carbocycles. The quantitative estimate of drug-likeness (QED) is 0.481. The summed E-state index contributed by atoms with van der Waals surface area (Å²) in [5.41, 5.74) is 2.72. The first kappa shape index (κ1) is 23.2. The average molecular weight is 501 g/mol. The van der Waals surface area contributed by atoms with Crippen LogP contribution in [0.15, 0.2) is 88.2 Å². The molecular weight excluding hydrogens is 476 g/mol. The van der Waals surface area contributed by atoms with E-state index in [4.69, 9.17) is 0 Å². The molecule has 1 atom stereocenters. The number of hydrogen-bond acceptors (Lipinski definition) is 3. The zero-order valence-corrected chi connectivity index (χ0v) is 19.9. The Morgan fingerprint density at radius 1 is 0.968 bits per heavy atom. The van der Waals surface area contributed by atoms with Crippen molar-refractivity contribution in [3.63, 3.8) is 0 Å². The van der Waals surface area contributed by atoms with Gasteiger partial charge >= 0.3 is 0 Å². The zero-order chi connectivity index (χ0) is 22.4. The fraction of sp³-hybridized carbons (Fsp3) is 0.208. The highest BCUT2D eigenvalue weighted by molar-refractivity contribution is 9.10. The first-order valence-corrected chi connectivity index (χ1v) is 12.1. The van der Waals surface area contributed by atoms with Gasteiger partial charge in [-0.05, 0) is 49.2 Å². The summed E-state index contributed by atoms with van der Waals surface area (Å²) in [6.45, 7) is 3.59. The van der Waals surface area contributed by atoms with E-state index in [1.807, 2.05) is 68.4 Å². The molecule has 1 N–H and O–H groups in total. The van der Waals surface area contributed by atoms with Crippen molar-refractivity contribution in [1.82, 2.24) is 9.62 Å². The SMILES string of the molecule is Cc1ccc(S(=O)(=O)N(CC(=O)N[C@H](C)c2ccccc2)Cc2ccc(Br)cc2)cc1. The molecule has 0 bridgehead atoms. The topological polar surface area (TPSA) is 66.5 Å². The van der Waals surface area contributed by atoms with Crippen LogP contribution in [0, 0.1) is 6.92 Å². The second kappa shape index (κ2) is 10.2. The highest BCUT2D eigenvalue weighted by Gasteiger charge is 2.27. The number of rotatable bonds is 8. The van der Waals surface area contributed by atoms with Crippen LogP contribution >= 0.6 is 15.9 Å². The molecule has 0 radical (unpaired) electrons. The Labute approximate surface area is 192 Å². The van der Waals surface area contributed by atoms with E-state index in [1.54, 1.807) is 24.3 Å². The van der Waals surface area contributed by atoms with Gasteiger partial charge in [-0.25, -0.2) is 8.42 Å². The Morgan fingerprint density at radius 2 is 1.58 bits per heavy atom. The summed E-state index contributed by atoms with van der Waals surface area (Å²) < 4.78 is 28.8. The van der Waals surface area contributed by atoms with Crippen molar-refractivity contribution in [2.24, 2.45) is 0 Å². The number of carbonyl (C=O) groups is 1. The molecule has 0 spiro atoms. The van der Waals surface area contributed by atoms with E-state index in [0.717, 1.165) is 21.2 Å². The largest absolute Gasteiger partial charge is 0.348 e. The van der Waals surface area contributed by atoms with Crippen molar-refractivity contribution in [3.05, 3.63) is 100 Å². The number of aryl methyl sites for hydroxylation is 1. The molecule has 0 saturated carbocycles. The van der Waals surface area contributed by atoms with E-state index in [2.05, 4.69) is 21.2 Å². The molecule has 7 heteroatoms. The highest BCUT2D eigenvalue weighted by Crippen LogP contribution is 2.20. The molecule has 0 aliphatic carbocycles. The van der Waals surface area contributed by atoms with E-state index in [-0.39, 0.29) is 29.9 Å². The lowest BCUT2D eigenvalue weighted by molar-refractivity contribution is -0.122. The van der Waals surface area contributed by atoms with Gasteiger partial charge in [0, 0.05) is 11.0 Å². The molecule has 0 saturated heterocycles. The maximum Gasteiger partial charge on any atom is 0.243 e. The number of hydrogen-bond donors (Lipinski definition) is 1. The van der Waals surface area contributed by atoms with E-state index in [9.17, 15) is 13.2 Å². The smallest absolute Gasteiger partial charge is 0.243 e. The number of benzene rings is 3. The van der Waals surface area contributed by atoms with Crippen molar-refractivity contribution in [3.8, 4) is 0 Å². The van der Waals surface area contributed by atoms with Gasteiger partial charge in [0.2, 0.25) is 15.9 Å². The van der Waals surface area contributed by atoms with Crippen LogP contribution in [0.3, 0.4) is 0 Å². The van der Waals surface area contributed by atoms with Crippen molar-refractivity contribution in [1.29, 1.82) is 0 Å². The van der Waals surface area contributed by atoms with Crippen LogP contribution < -0.4 is 5.32 Å². The number of nitrogens with zero attached hydrogens (tertiary/aromatic N) is 1. The molecule has 5 nitrogen and oxygen atoms in total. The van der Waals surface area contributed by atoms with E-state index < -0.39 is 10.0 Å². The van der Waals surface area contributed by atoms with Gasteiger partial charge in [0.25, 0.3) is 0 Å². The summed E-state index contributed by atoms with van der Waals surface area (Å²) in [5, 5.41) is 2.90. The fourth-order valence-electron chi connectivity index (χ4n) is 3.15. The first-order valence-electron chi connectivity index (χ1n) is 9.91. The lowest BCUT2D eigenvalue weighted by Gasteiger charge is -2.23. The number of amides is 1. The molecule has 1 amide bonds. The lowest BCUT2D eigenvalue weighted by Crippen LogP contribution is -2.41. The van der Waals surface area contributed by atoms with Crippen molar-refractivity contribution in [2.45, 2.75) is 31.3 Å². The van der Waals surface area contributed by atoms with Crippen LogP contribution in [0.2, 0.25) is 0 Å². The monoisotopic (exact) mass is 500 g/mol. The molecular formula is C24H25BrN2O3S. The summed E-state index contributed by atoms with van der Waals surface area (Å²) in [4.78, 5) is 13.0. The Hall–Kier alpha value is -2.48. The molecule has 3 aromatic rings. The van der Waals surface area contributed by atoms with Crippen LogP contribution in [-0.4, -0.2) is 25.2 Å². The normalized spacial score (nSPS) is 12.5.